The first-order valence-corrected chi connectivity index (χ1v) is 11.0. The molecule has 0 heterocycles. The minimum atomic E-state index is -0.877. The average Bonchev–Trinajstić information content (AvgIpc) is 2.79. The Bertz CT molecular complexity index is 1120. The molecule has 0 bridgehead atoms. The summed E-state index contributed by atoms with van der Waals surface area (Å²) in [7, 11) is 0. The molecular weight excluding hydrogens is 517 g/mol. The molecule has 0 radical (unpaired) electrons. The van der Waals surface area contributed by atoms with E-state index in [9.17, 15) is 9.59 Å². The van der Waals surface area contributed by atoms with Gasteiger partial charge < -0.3 is 10.1 Å². The molecule has 0 spiro atoms. The van der Waals surface area contributed by atoms with Crippen LogP contribution in [-0.4, -0.2) is 18.0 Å². The van der Waals surface area contributed by atoms with Gasteiger partial charge in [0.15, 0.2) is 0 Å². The van der Waals surface area contributed by atoms with E-state index in [2.05, 4.69) is 31.8 Å². The lowest BCUT2D eigenvalue weighted by Crippen LogP contribution is -2.37. The van der Waals surface area contributed by atoms with Gasteiger partial charge in [-0.1, -0.05) is 75.5 Å². The zero-order chi connectivity index (χ0) is 22.9. The molecule has 0 saturated heterocycles. The minimum Gasteiger partial charge on any atom is -0.488 e. The monoisotopic (exact) mass is 533 g/mol. The molecule has 0 saturated carbocycles. The van der Waals surface area contributed by atoms with Crippen LogP contribution in [0, 0.1) is 0 Å². The van der Waals surface area contributed by atoms with Crippen LogP contribution in [0.5, 0.6) is 5.75 Å². The Labute approximate surface area is 203 Å². The average molecular weight is 535 g/mol. The van der Waals surface area contributed by atoms with Crippen molar-refractivity contribution >= 4 is 57.2 Å². The fraction of sp³-hybridized carbons (Fsp3) is 0.0870. The molecule has 0 fully saturated rings. The van der Waals surface area contributed by atoms with E-state index in [-0.39, 0.29) is 13.2 Å². The van der Waals surface area contributed by atoms with Crippen LogP contribution in [0.4, 0.5) is 0 Å². The first kappa shape index (κ1) is 23.8. The van der Waals surface area contributed by atoms with E-state index in [1.165, 1.54) is 6.21 Å². The van der Waals surface area contributed by atoms with Crippen LogP contribution in [0.15, 0.2) is 76.3 Å². The molecule has 32 heavy (non-hydrogen) atoms. The number of ether oxygens (including phenoxy) is 1. The van der Waals surface area contributed by atoms with E-state index < -0.39 is 11.8 Å². The van der Waals surface area contributed by atoms with Crippen LogP contribution < -0.4 is 15.5 Å². The summed E-state index contributed by atoms with van der Waals surface area (Å²) in [5.41, 5.74) is 4.33. The molecule has 0 aliphatic carbocycles. The Morgan fingerprint density at radius 3 is 2.41 bits per heavy atom. The predicted octanol–water partition coefficient (Wildman–Crippen LogP) is 5.10. The van der Waals surface area contributed by atoms with E-state index in [4.69, 9.17) is 27.9 Å². The Morgan fingerprint density at radius 2 is 1.69 bits per heavy atom. The van der Waals surface area contributed by atoms with Crippen LogP contribution in [0.1, 0.15) is 16.7 Å². The molecule has 0 unspecified atom stereocenters. The minimum absolute atomic E-state index is 0.148. The topological polar surface area (TPSA) is 79.8 Å². The maximum absolute atomic E-state index is 12.0. The third kappa shape index (κ3) is 6.82. The number of carbonyl (C=O) groups is 2. The van der Waals surface area contributed by atoms with E-state index in [1.807, 2.05) is 30.3 Å². The highest BCUT2D eigenvalue weighted by Gasteiger charge is 2.12. The lowest BCUT2D eigenvalue weighted by molar-refractivity contribution is -0.139. The second-order valence-corrected chi connectivity index (χ2v) is 8.27. The summed E-state index contributed by atoms with van der Waals surface area (Å²) in [6.45, 7) is 0.389. The van der Waals surface area contributed by atoms with Crippen molar-refractivity contribution in [2.45, 2.75) is 13.2 Å². The summed E-state index contributed by atoms with van der Waals surface area (Å²) >= 11 is 15.8. The summed E-state index contributed by atoms with van der Waals surface area (Å²) in [5, 5.41) is 7.40. The number of carbonyl (C=O) groups excluding carboxylic acids is 2. The number of halogens is 3. The van der Waals surface area contributed by atoms with Crippen LogP contribution >= 0.6 is 39.1 Å². The number of nitrogens with zero attached hydrogens (tertiary/aromatic N) is 1. The normalized spacial score (nSPS) is 10.7. The van der Waals surface area contributed by atoms with Gasteiger partial charge in [0.25, 0.3) is 0 Å². The Kier molecular flexibility index (Phi) is 8.67. The highest BCUT2D eigenvalue weighted by molar-refractivity contribution is 9.10. The van der Waals surface area contributed by atoms with Gasteiger partial charge in [0.2, 0.25) is 0 Å². The summed E-state index contributed by atoms with van der Waals surface area (Å²) in [4.78, 5) is 23.9. The van der Waals surface area contributed by atoms with Gasteiger partial charge >= 0.3 is 11.8 Å². The van der Waals surface area contributed by atoms with Crippen molar-refractivity contribution in [3.8, 4) is 5.75 Å². The third-order valence-corrected chi connectivity index (χ3v) is 5.48. The second-order valence-electron chi connectivity index (χ2n) is 6.54. The van der Waals surface area contributed by atoms with E-state index >= 15 is 0 Å². The first-order valence-electron chi connectivity index (χ1n) is 9.44. The smallest absolute Gasteiger partial charge is 0.329 e. The van der Waals surface area contributed by atoms with Crippen molar-refractivity contribution in [3.05, 3.63) is 97.9 Å². The zero-order valence-corrected chi connectivity index (χ0v) is 19.7. The second kappa shape index (κ2) is 11.7. The van der Waals surface area contributed by atoms with Crippen molar-refractivity contribution in [2.24, 2.45) is 5.10 Å². The third-order valence-electron chi connectivity index (χ3n) is 4.28. The number of hydrogen-bond donors (Lipinski definition) is 2. The van der Waals surface area contributed by atoms with Gasteiger partial charge in [-0.05, 0) is 35.9 Å². The molecule has 9 heteroatoms. The standard InChI is InChI=1S/C23H18BrCl2N3O3/c24-17-9-10-21(32-14-18-19(25)7-4-8-20(18)26)16(11-17)13-28-29-23(31)22(30)27-12-15-5-2-1-3-6-15/h1-11,13H,12,14H2,(H,27,30)(H,29,31)/b28-13-. The fourth-order valence-corrected chi connectivity index (χ4v) is 3.53. The van der Waals surface area contributed by atoms with Crippen molar-refractivity contribution in [1.82, 2.24) is 10.7 Å². The van der Waals surface area contributed by atoms with Gasteiger partial charge in [0, 0.05) is 32.2 Å². The van der Waals surface area contributed by atoms with Gasteiger partial charge in [0.05, 0.1) is 6.21 Å². The largest absolute Gasteiger partial charge is 0.488 e. The van der Waals surface area contributed by atoms with Gasteiger partial charge in [-0.25, -0.2) is 5.43 Å². The molecule has 0 aliphatic heterocycles. The molecule has 0 aliphatic rings. The van der Waals surface area contributed by atoms with Crippen LogP contribution in [-0.2, 0) is 22.7 Å². The SMILES string of the molecule is O=C(NCc1ccccc1)C(=O)N/N=C\c1cc(Br)ccc1OCc1c(Cl)cccc1Cl. The number of amides is 2. The highest BCUT2D eigenvalue weighted by atomic mass is 79.9. The zero-order valence-electron chi connectivity index (χ0n) is 16.6. The van der Waals surface area contributed by atoms with Gasteiger partial charge in [-0.2, -0.15) is 5.10 Å². The van der Waals surface area contributed by atoms with Crippen molar-refractivity contribution < 1.29 is 14.3 Å². The Hall–Kier alpha value is -2.87. The molecule has 3 aromatic rings. The molecule has 2 amide bonds. The summed E-state index contributed by atoms with van der Waals surface area (Å²) < 4.78 is 6.65. The van der Waals surface area contributed by atoms with E-state index in [1.54, 1.807) is 36.4 Å². The van der Waals surface area contributed by atoms with Crippen molar-refractivity contribution in [1.29, 1.82) is 0 Å². The van der Waals surface area contributed by atoms with Gasteiger partial charge in [-0.3, -0.25) is 9.59 Å². The molecule has 0 aromatic heterocycles. The van der Waals surface area contributed by atoms with Gasteiger partial charge in [0.1, 0.15) is 12.4 Å². The predicted molar refractivity (Wildman–Crippen MR) is 129 cm³/mol. The number of hydrogen-bond acceptors (Lipinski definition) is 4. The van der Waals surface area contributed by atoms with Crippen LogP contribution in [0.2, 0.25) is 10.0 Å². The maximum atomic E-state index is 12.0. The lowest BCUT2D eigenvalue weighted by atomic mass is 10.2. The number of rotatable bonds is 7. The highest BCUT2D eigenvalue weighted by Crippen LogP contribution is 2.28. The summed E-state index contributed by atoms with van der Waals surface area (Å²) in [6, 6.07) is 19.8. The molecule has 6 nitrogen and oxygen atoms in total. The summed E-state index contributed by atoms with van der Waals surface area (Å²) in [5.74, 6) is -1.17. The molecular formula is C23H18BrCl2N3O3. The molecule has 2 N–H and O–H groups in total. The molecule has 0 atom stereocenters. The number of hydrazone groups is 1. The van der Waals surface area contributed by atoms with Gasteiger partial charge in [-0.15, -0.1) is 0 Å². The van der Waals surface area contributed by atoms with Crippen LogP contribution in [0.25, 0.3) is 0 Å². The molecule has 164 valence electrons. The van der Waals surface area contributed by atoms with Crippen molar-refractivity contribution in [3.63, 3.8) is 0 Å². The van der Waals surface area contributed by atoms with E-state index in [0.717, 1.165) is 10.0 Å². The fourth-order valence-electron chi connectivity index (χ4n) is 2.64. The molecule has 3 aromatic carbocycles. The lowest BCUT2D eigenvalue weighted by Gasteiger charge is -2.12. The quantitative estimate of drug-likeness (QED) is 0.251. The Morgan fingerprint density at radius 1 is 0.969 bits per heavy atom. The first-order chi connectivity index (χ1) is 15.4. The van der Waals surface area contributed by atoms with Crippen LogP contribution in [0.3, 0.4) is 0 Å². The number of nitrogens with one attached hydrogen (secondary N) is 2. The summed E-state index contributed by atoms with van der Waals surface area (Å²) in [6.07, 6.45) is 1.39. The number of benzene rings is 3. The Balaban J connectivity index is 1.60. The van der Waals surface area contributed by atoms with Crippen molar-refractivity contribution in [2.75, 3.05) is 0 Å². The molecule has 3 rings (SSSR count). The maximum Gasteiger partial charge on any atom is 0.329 e. The van der Waals surface area contributed by atoms with E-state index in [0.29, 0.717) is 26.9 Å².